The minimum Gasteiger partial charge on any atom is -0.392 e. The predicted molar refractivity (Wildman–Crippen MR) is 61.9 cm³/mol. The molecule has 4 nitrogen and oxygen atoms in total. The molecule has 0 fully saturated rings. The van der Waals surface area contributed by atoms with Crippen LogP contribution in [0.25, 0.3) is 0 Å². The fraction of sp³-hybridized carbons (Fsp3) is 0.273. The summed E-state index contributed by atoms with van der Waals surface area (Å²) in [7, 11) is 0. The molecule has 0 bridgehead atoms. The van der Waals surface area contributed by atoms with Crippen molar-refractivity contribution in [3.05, 3.63) is 30.3 Å². The van der Waals surface area contributed by atoms with Gasteiger partial charge in [0.1, 0.15) is 0 Å². The molecule has 16 heavy (non-hydrogen) atoms. The quantitative estimate of drug-likeness (QED) is 0.475. The highest BCUT2D eigenvalue weighted by molar-refractivity contribution is 7.99. The molecule has 5 heteroatoms. The highest BCUT2D eigenvalue weighted by atomic mass is 32.2. The molecular formula is C11H13NO3S. The average molecular weight is 239 g/mol. The molecule has 0 aliphatic carbocycles. The summed E-state index contributed by atoms with van der Waals surface area (Å²) in [5.74, 6) is -0.630. The molecule has 0 radical (unpaired) electrons. The van der Waals surface area contributed by atoms with Crippen LogP contribution in [0.2, 0.25) is 0 Å². The van der Waals surface area contributed by atoms with Crippen molar-refractivity contribution in [1.29, 1.82) is 0 Å². The van der Waals surface area contributed by atoms with Crippen LogP contribution in [0, 0.1) is 0 Å². The summed E-state index contributed by atoms with van der Waals surface area (Å²) in [6.07, 6.45) is 0.200. The fourth-order valence-corrected chi connectivity index (χ4v) is 1.84. The van der Waals surface area contributed by atoms with Gasteiger partial charge in [-0.25, -0.2) is 0 Å². The first-order valence-electron chi connectivity index (χ1n) is 4.84. The van der Waals surface area contributed by atoms with E-state index in [1.807, 2.05) is 30.3 Å². The second-order valence-corrected chi connectivity index (χ2v) is 4.13. The van der Waals surface area contributed by atoms with Crippen molar-refractivity contribution >= 4 is 23.7 Å². The van der Waals surface area contributed by atoms with E-state index in [1.165, 1.54) is 0 Å². The summed E-state index contributed by atoms with van der Waals surface area (Å²) < 4.78 is 4.42. The van der Waals surface area contributed by atoms with Gasteiger partial charge < -0.3 is 10.5 Å². The molecule has 1 aromatic carbocycles. The molecule has 0 aromatic heterocycles. The molecule has 1 rings (SSSR count). The molecule has 1 aromatic rings. The van der Waals surface area contributed by atoms with Gasteiger partial charge in [-0.2, -0.15) is 0 Å². The Morgan fingerprint density at radius 1 is 1.19 bits per heavy atom. The molecule has 0 saturated heterocycles. The summed E-state index contributed by atoms with van der Waals surface area (Å²) in [6, 6.07) is 9.71. The Hall–Kier alpha value is -1.33. The molecule has 0 amide bonds. The van der Waals surface area contributed by atoms with Crippen molar-refractivity contribution in [1.82, 2.24) is 0 Å². The standard InChI is InChI=1S/C11H13NO3S/c12-8-11(14)15-10(13)6-7-16-9-4-2-1-3-5-9/h1-5H,6-8,12H2. The van der Waals surface area contributed by atoms with E-state index in [4.69, 9.17) is 5.73 Å². The van der Waals surface area contributed by atoms with Crippen LogP contribution < -0.4 is 5.73 Å². The molecule has 0 aliphatic rings. The van der Waals surface area contributed by atoms with Gasteiger partial charge in [0.2, 0.25) is 0 Å². The Kier molecular flexibility index (Phi) is 5.60. The molecule has 2 N–H and O–H groups in total. The third-order valence-electron chi connectivity index (χ3n) is 1.71. The highest BCUT2D eigenvalue weighted by Crippen LogP contribution is 2.17. The van der Waals surface area contributed by atoms with Gasteiger partial charge in [-0.3, -0.25) is 9.59 Å². The third kappa shape index (κ3) is 4.95. The lowest BCUT2D eigenvalue weighted by atomic mass is 10.4. The van der Waals surface area contributed by atoms with E-state index in [-0.39, 0.29) is 13.0 Å². The first kappa shape index (κ1) is 12.7. The Morgan fingerprint density at radius 2 is 1.88 bits per heavy atom. The van der Waals surface area contributed by atoms with Gasteiger partial charge in [-0.1, -0.05) is 18.2 Å². The van der Waals surface area contributed by atoms with E-state index < -0.39 is 11.9 Å². The first-order chi connectivity index (χ1) is 7.72. The number of benzene rings is 1. The maximum Gasteiger partial charge on any atom is 0.327 e. The topological polar surface area (TPSA) is 69.4 Å². The first-order valence-corrected chi connectivity index (χ1v) is 5.82. The van der Waals surface area contributed by atoms with Crippen LogP contribution in [0.5, 0.6) is 0 Å². The lowest BCUT2D eigenvalue weighted by molar-refractivity contribution is -0.158. The molecule has 0 atom stereocenters. The van der Waals surface area contributed by atoms with E-state index in [1.54, 1.807) is 11.8 Å². The van der Waals surface area contributed by atoms with Crippen LogP contribution in [0.15, 0.2) is 35.2 Å². The van der Waals surface area contributed by atoms with Crippen LogP contribution in [0.1, 0.15) is 6.42 Å². The summed E-state index contributed by atoms with van der Waals surface area (Å²) in [5, 5.41) is 0. The van der Waals surface area contributed by atoms with Crippen LogP contribution in [-0.4, -0.2) is 24.2 Å². The highest BCUT2D eigenvalue weighted by Gasteiger charge is 2.08. The number of hydrogen-bond acceptors (Lipinski definition) is 5. The number of esters is 2. The second-order valence-electron chi connectivity index (χ2n) is 2.96. The van der Waals surface area contributed by atoms with Gasteiger partial charge in [0.15, 0.2) is 0 Å². The molecule has 86 valence electrons. The number of rotatable bonds is 5. The summed E-state index contributed by atoms with van der Waals surface area (Å²) in [6.45, 7) is -0.266. The maximum absolute atomic E-state index is 11.1. The molecule has 0 unspecified atom stereocenters. The van der Waals surface area contributed by atoms with Gasteiger partial charge in [0.25, 0.3) is 0 Å². The Balaban J connectivity index is 2.21. The van der Waals surface area contributed by atoms with Crippen molar-refractivity contribution in [2.75, 3.05) is 12.3 Å². The minimum atomic E-state index is -0.685. The monoisotopic (exact) mass is 239 g/mol. The molecule has 0 heterocycles. The van der Waals surface area contributed by atoms with E-state index in [0.717, 1.165) is 4.90 Å². The van der Waals surface area contributed by atoms with Crippen LogP contribution >= 0.6 is 11.8 Å². The number of thioether (sulfide) groups is 1. The second kappa shape index (κ2) is 7.03. The zero-order valence-corrected chi connectivity index (χ0v) is 9.53. The van der Waals surface area contributed by atoms with Crippen LogP contribution in [0.3, 0.4) is 0 Å². The summed E-state index contributed by atoms with van der Waals surface area (Å²) in [4.78, 5) is 22.9. The van der Waals surface area contributed by atoms with Gasteiger partial charge in [0.05, 0.1) is 13.0 Å². The van der Waals surface area contributed by atoms with Crippen molar-refractivity contribution < 1.29 is 14.3 Å². The molecule has 0 spiro atoms. The number of carbonyl (C=O) groups excluding carboxylic acids is 2. The molecular weight excluding hydrogens is 226 g/mol. The van der Waals surface area contributed by atoms with Crippen molar-refractivity contribution in [2.45, 2.75) is 11.3 Å². The lowest BCUT2D eigenvalue weighted by Crippen LogP contribution is -2.20. The van der Waals surface area contributed by atoms with Crippen LogP contribution in [-0.2, 0) is 14.3 Å². The number of hydrogen-bond donors (Lipinski definition) is 1. The van der Waals surface area contributed by atoms with E-state index in [2.05, 4.69) is 4.74 Å². The number of carbonyl (C=O) groups is 2. The predicted octanol–water partition coefficient (Wildman–Crippen LogP) is 1.20. The van der Waals surface area contributed by atoms with E-state index in [0.29, 0.717) is 5.75 Å². The van der Waals surface area contributed by atoms with Gasteiger partial charge in [-0.15, -0.1) is 11.8 Å². The van der Waals surface area contributed by atoms with Gasteiger partial charge in [-0.05, 0) is 12.1 Å². The number of ether oxygens (including phenoxy) is 1. The number of nitrogens with two attached hydrogens (primary N) is 1. The molecule has 0 saturated carbocycles. The minimum absolute atomic E-state index is 0.200. The van der Waals surface area contributed by atoms with Crippen molar-refractivity contribution in [2.24, 2.45) is 5.73 Å². The van der Waals surface area contributed by atoms with Crippen molar-refractivity contribution in [3.8, 4) is 0 Å². The largest absolute Gasteiger partial charge is 0.392 e. The van der Waals surface area contributed by atoms with Gasteiger partial charge in [0, 0.05) is 10.6 Å². The SMILES string of the molecule is NCC(=O)OC(=O)CCSc1ccccc1. The maximum atomic E-state index is 11.1. The normalized spacial score (nSPS) is 9.81. The molecule has 0 aliphatic heterocycles. The van der Waals surface area contributed by atoms with E-state index in [9.17, 15) is 9.59 Å². The third-order valence-corrected chi connectivity index (χ3v) is 2.73. The fourth-order valence-electron chi connectivity index (χ4n) is 0.989. The Morgan fingerprint density at radius 3 is 2.50 bits per heavy atom. The lowest BCUT2D eigenvalue weighted by Gasteiger charge is -2.01. The smallest absolute Gasteiger partial charge is 0.327 e. The van der Waals surface area contributed by atoms with Gasteiger partial charge >= 0.3 is 11.9 Å². The van der Waals surface area contributed by atoms with E-state index >= 15 is 0 Å². The zero-order chi connectivity index (χ0) is 11.8. The Labute approximate surface area is 98.2 Å². The van der Waals surface area contributed by atoms with Crippen molar-refractivity contribution in [3.63, 3.8) is 0 Å². The Bertz CT molecular complexity index is 354. The average Bonchev–Trinajstić information content (AvgIpc) is 2.30. The summed E-state index contributed by atoms with van der Waals surface area (Å²) >= 11 is 1.54. The zero-order valence-electron chi connectivity index (χ0n) is 8.72. The van der Waals surface area contributed by atoms with Crippen LogP contribution in [0.4, 0.5) is 0 Å². The summed E-state index contributed by atoms with van der Waals surface area (Å²) in [5.41, 5.74) is 5.01.